The standard InChI is InChI=1S/C10H13NS/c1-8(2)10-4-3-9(5-6-12)7-11-10/h3-8,12H,1-2H3/b6-5+. The summed E-state index contributed by atoms with van der Waals surface area (Å²) in [7, 11) is 0. The van der Waals surface area contributed by atoms with Crippen molar-refractivity contribution in [2.45, 2.75) is 19.8 Å². The van der Waals surface area contributed by atoms with E-state index in [1.54, 1.807) is 5.41 Å². The summed E-state index contributed by atoms with van der Waals surface area (Å²) in [6.45, 7) is 4.27. The predicted molar refractivity (Wildman–Crippen MR) is 56.3 cm³/mol. The average molecular weight is 179 g/mol. The lowest BCUT2D eigenvalue weighted by molar-refractivity contribution is 0.822. The van der Waals surface area contributed by atoms with Gasteiger partial charge in [-0.25, -0.2) is 0 Å². The highest BCUT2D eigenvalue weighted by Crippen LogP contribution is 2.11. The zero-order valence-corrected chi connectivity index (χ0v) is 8.25. The minimum absolute atomic E-state index is 0.499. The van der Waals surface area contributed by atoms with E-state index in [0.29, 0.717) is 5.92 Å². The van der Waals surface area contributed by atoms with Crippen LogP contribution in [-0.4, -0.2) is 4.98 Å². The van der Waals surface area contributed by atoms with E-state index in [1.165, 1.54) is 0 Å². The van der Waals surface area contributed by atoms with Crippen molar-refractivity contribution in [2.24, 2.45) is 0 Å². The summed E-state index contributed by atoms with van der Waals surface area (Å²) >= 11 is 3.99. The van der Waals surface area contributed by atoms with E-state index in [0.717, 1.165) is 11.3 Å². The Kier molecular flexibility index (Phi) is 3.35. The first-order chi connectivity index (χ1) is 5.74. The third-order valence-electron chi connectivity index (χ3n) is 1.67. The van der Waals surface area contributed by atoms with Gasteiger partial charge in [-0.3, -0.25) is 4.98 Å². The molecule has 0 aromatic carbocycles. The van der Waals surface area contributed by atoms with Crippen molar-refractivity contribution in [2.75, 3.05) is 0 Å². The molecule has 0 saturated carbocycles. The fraction of sp³-hybridized carbons (Fsp3) is 0.300. The second-order valence-corrected chi connectivity index (χ2v) is 3.28. The number of nitrogens with zero attached hydrogens (tertiary/aromatic N) is 1. The molecule has 1 heterocycles. The van der Waals surface area contributed by atoms with E-state index in [1.807, 2.05) is 18.3 Å². The van der Waals surface area contributed by atoms with Gasteiger partial charge >= 0.3 is 0 Å². The monoisotopic (exact) mass is 179 g/mol. The molecule has 0 amide bonds. The Morgan fingerprint density at radius 3 is 2.58 bits per heavy atom. The predicted octanol–water partition coefficient (Wildman–Crippen LogP) is 3.11. The Bertz CT molecular complexity index is 262. The minimum Gasteiger partial charge on any atom is -0.260 e. The molecular weight excluding hydrogens is 166 g/mol. The van der Waals surface area contributed by atoms with Crippen LogP contribution in [0.3, 0.4) is 0 Å². The second kappa shape index (κ2) is 4.31. The molecule has 12 heavy (non-hydrogen) atoms. The number of aromatic nitrogens is 1. The highest BCUT2D eigenvalue weighted by atomic mass is 32.1. The van der Waals surface area contributed by atoms with Gasteiger partial charge in [0.2, 0.25) is 0 Å². The lowest BCUT2D eigenvalue weighted by Crippen LogP contribution is -1.91. The van der Waals surface area contributed by atoms with Crippen LogP contribution >= 0.6 is 12.6 Å². The topological polar surface area (TPSA) is 12.9 Å². The Balaban J connectivity index is 2.85. The van der Waals surface area contributed by atoms with Crippen LogP contribution in [-0.2, 0) is 0 Å². The molecule has 0 aliphatic carbocycles. The van der Waals surface area contributed by atoms with Gasteiger partial charge in [-0.2, -0.15) is 12.6 Å². The molecule has 1 aromatic rings. The third-order valence-corrected chi connectivity index (χ3v) is 1.82. The molecule has 0 bridgehead atoms. The van der Waals surface area contributed by atoms with E-state index >= 15 is 0 Å². The first-order valence-corrected chi connectivity index (χ1v) is 4.52. The molecule has 0 fully saturated rings. The highest BCUT2D eigenvalue weighted by Gasteiger charge is 1.98. The van der Waals surface area contributed by atoms with Gasteiger partial charge in [-0.1, -0.05) is 19.9 Å². The van der Waals surface area contributed by atoms with Gasteiger partial charge in [0.15, 0.2) is 0 Å². The first kappa shape index (κ1) is 9.33. The van der Waals surface area contributed by atoms with Crippen LogP contribution in [0.4, 0.5) is 0 Å². The molecule has 1 aromatic heterocycles. The molecule has 0 saturated heterocycles. The maximum atomic E-state index is 4.31. The van der Waals surface area contributed by atoms with Crippen LogP contribution in [0.25, 0.3) is 6.08 Å². The molecule has 2 heteroatoms. The van der Waals surface area contributed by atoms with Crippen LogP contribution in [0.5, 0.6) is 0 Å². The summed E-state index contributed by atoms with van der Waals surface area (Å²) in [5, 5.41) is 1.71. The molecule has 0 spiro atoms. The van der Waals surface area contributed by atoms with Crippen molar-refractivity contribution in [1.29, 1.82) is 0 Å². The smallest absolute Gasteiger partial charge is 0.0429 e. The second-order valence-electron chi connectivity index (χ2n) is 2.99. The van der Waals surface area contributed by atoms with E-state index in [4.69, 9.17) is 0 Å². The van der Waals surface area contributed by atoms with Crippen molar-refractivity contribution in [1.82, 2.24) is 4.98 Å². The Hall–Kier alpha value is -0.760. The summed E-state index contributed by atoms with van der Waals surface area (Å²) in [6.07, 6.45) is 3.78. The first-order valence-electron chi connectivity index (χ1n) is 4.00. The summed E-state index contributed by atoms with van der Waals surface area (Å²) in [5.41, 5.74) is 2.22. The third kappa shape index (κ3) is 2.38. The van der Waals surface area contributed by atoms with Crippen LogP contribution in [0.2, 0.25) is 0 Å². The summed E-state index contributed by atoms with van der Waals surface area (Å²) in [4.78, 5) is 4.31. The molecular formula is C10H13NS. The van der Waals surface area contributed by atoms with Gasteiger partial charge in [0.25, 0.3) is 0 Å². The number of thiol groups is 1. The van der Waals surface area contributed by atoms with E-state index in [9.17, 15) is 0 Å². The largest absolute Gasteiger partial charge is 0.260 e. The summed E-state index contributed by atoms with van der Waals surface area (Å²) in [5.74, 6) is 0.499. The molecule has 0 unspecified atom stereocenters. The Morgan fingerprint density at radius 1 is 1.42 bits per heavy atom. The van der Waals surface area contributed by atoms with Gasteiger partial charge in [-0.05, 0) is 29.0 Å². The maximum absolute atomic E-state index is 4.31. The van der Waals surface area contributed by atoms with Crippen LogP contribution in [0.1, 0.15) is 31.0 Å². The van der Waals surface area contributed by atoms with Crippen molar-refractivity contribution in [3.63, 3.8) is 0 Å². The van der Waals surface area contributed by atoms with Gasteiger partial charge < -0.3 is 0 Å². The number of hydrogen-bond donors (Lipinski definition) is 1. The number of hydrogen-bond acceptors (Lipinski definition) is 2. The molecule has 0 aliphatic heterocycles. The Labute approximate surface area is 78.9 Å². The van der Waals surface area contributed by atoms with Crippen molar-refractivity contribution < 1.29 is 0 Å². The normalized spacial score (nSPS) is 11.3. The van der Waals surface area contributed by atoms with Crippen molar-refractivity contribution in [3.8, 4) is 0 Å². The van der Waals surface area contributed by atoms with Crippen molar-refractivity contribution in [3.05, 3.63) is 35.0 Å². The molecule has 64 valence electrons. The average Bonchev–Trinajstić information content (AvgIpc) is 2.06. The zero-order chi connectivity index (χ0) is 8.97. The maximum Gasteiger partial charge on any atom is 0.0429 e. The fourth-order valence-electron chi connectivity index (χ4n) is 0.943. The molecule has 0 radical (unpaired) electrons. The number of rotatable bonds is 2. The lowest BCUT2D eigenvalue weighted by atomic mass is 10.1. The Morgan fingerprint density at radius 2 is 2.17 bits per heavy atom. The zero-order valence-electron chi connectivity index (χ0n) is 7.36. The van der Waals surface area contributed by atoms with E-state index in [-0.39, 0.29) is 0 Å². The molecule has 0 N–H and O–H groups in total. The molecule has 0 atom stereocenters. The van der Waals surface area contributed by atoms with Gasteiger partial charge in [0.05, 0.1) is 0 Å². The van der Waals surface area contributed by atoms with Crippen molar-refractivity contribution >= 4 is 18.7 Å². The summed E-state index contributed by atoms with van der Waals surface area (Å²) in [6, 6.07) is 4.10. The SMILES string of the molecule is CC(C)c1ccc(/C=C/S)cn1. The van der Waals surface area contributed by atoms with Crippen LogP contribution < -0.4 is 0 Å². The minimum atomic E-state index is 0.499. The van der Waals surface area contributed by atoms with Crippen LogP contribution in [0, 0.1) is 0 Å². The van der Waals surface area contributed by atoms with E-state index < -0.39 is 0 Å². The fourth-order valence-corrected chi connectivity index (χ4v) is 1.12. The lowest BCUT2D eigenvalue weighted by Gasteiger charge is -2.02. The number of pyridine rings is 1. The van der Waals surface area contributed by atoms with Crippen LogP contribution in [0.15, 0.2) is 23.7 Å². The molecule has 1 nitrogen and oxygen atoms in total. The molecule has 0 aliphatic rings. The summed E-state index contributed by atoms with van der Waals surface area (Å²) < 4.78 is 0. The van der Waals surface area contributed by atoms with Gasteiger partial charge in [-0.15, -0.1) is 0 Å². The van der Waals surface area contributed by atoms with Gasteiger partial charge in [0, 0.05) is 11.9 Å². The van der Waals surface area contributed by atoms with Gasteiger partial charge in [0.1, 0.15) is 0 Å². The molecule has 1 rings (SSSR count). The quantitative estimate of drug-likeness (QED) is 0.688. The highest BCUT2D eigenvalue weighted by molar-refractivity contribution is 7.83. The van der Waals surface area contributed by atoms with E-state index in [2.05, 4.69) is 37.5 Å².